The molecular weight excluding hydrogens is 90.1 g/mol. The van der Waals surface area contributed by atoms with E-state index in [0.29, 0.717) is 6.42 Å². The molecule has 0 aromatic carbocycles. The van der Waals surface area contributed by atoms with Gasteiger partial charge in [-0.05, 0) is 12.8 Å². The average Bonchev–Trinajstić information content (AvgIpc) is 1.61. The first-order chi connectivity index (χ1) is 3.27. The molecule has 7 heavy (non-hydrogen) atoms. The van der Waals surface area contributed by atoms with Gasteiger partial charge in [0.25, 0.3) is 0 Å². The topological polar surface area (TPSA) is 0 Å². The second kappa shape index (κ2) is 3.85. The van der Waals surface area contributed by atoms with Gasteiger partial charge in [0.05, 0.1) is 5.83 Å². The Kier molecular flexibility index (Phi) is 3.67. The van der Waals surface area contributed by atoms with Gasteiger partial charge in [-0.2, -0.15) is 0 Å². The lowest BCUT2D eigenvalue weighted by atomic mass is 10.2. The summed E-state index contributed by atoms with van der Waals surface area (Å²) in [6.45, 7) is 5.16. The summed E-state index contributed by atoms with van der Waals surface area (Å²) in [4.78, 5) is 0. The molecule has 0 fully saturated rings. The molecular formula is C6H11F. The fourth-order valence-electron chi connectivity index (χ4n) is 0.369. The number of hydrogen-bond donors (Lipinski definition) is 0. The SMILES string of the molecule is C=C([18F])CCCC. The van der Waals surface area contributed by atoms with E-state index in [1.807, 2.05) is 6.92 Å². The Labute approximate surface area is 44.0 Å². The zero-order chi connectivity index (χ0) is 5.70. The number of allylic oxidation sites excluding steroid dienone is 1. The Hall–Kier alpha value is -0.330. The van der Waals surface area contributed by atoms with Gasteiger partial charge in [0.2, 0.25) is 0 Å². The third-order valence-electron chi connectivity index (χ3n) is 0.802. The van der Waals surface area contributed by atoms with Crippen LogP contribution in [0.2, 0.25) is 0 Å². The van der Waals surface area contributed by atoms with E-state index in [0.717, 1.165) is 12.8 Å². The Bertz CT molecular complexity index is 57.2. The Morgan fingerprint density at radius 3 is 2.43 bits per heavy atom. The maximum atomic E-state index is 11.7. The van der Waals surface area contributed by atoms with Gasteiger partial charge in [-0.15, -0.1) is 0 Å². The Morgan fingerprint density at radius 2 is 2.29 bits per heavy atom. The molecule has 0 nitrogen and oxygen atoms in total. The summed E-state index contributed by atoms with van der Waals surface area (Å²) >= 11 is 0. The van der Waals surface area contributed by atoms with E-state index in [9.17, 15) is 4.39 Å². The highest BCUT2D eigenvalue weighted by Gasteiger charge is 1.85. The van der Waals surface area contributed by atoms with Crippen LogP contribution in [0.5, 0.6) is 0 Å². The van der Waals surface area contributed by atoms with Crippen LogP contribution in [0.25, 0.3) is 0 Å². The fourth-order valence-corrected chi connectivity index (χ4v) is 0.369. The standard InChI is InChI=1S/C6H11F/c1-3-4-5-6(2)7/h2-5H2,1H3/i7-1. The quantitative estimate of drug-likeness (QED) is 0.512. The van der Waals surface area contributed by atoms with Crippen LogP contribution in [0.1, 0.15) is 26.2 Å². The Balaban J connectivity index is 2.82. The first-order valence-electron chi connectivity index (χ1n) is 2.60. The molecule has 0 radical (unpaired) electrons. The molecule has 0 bridgehead atoms. The zero-order valence-corrected chi connectivity index (χ0v) is 4.71. The van der Waals surface area contributed by atoms with E-state index in [1.165, 1.54) is 0 Å². The van der Waals surface area contributed by atoms with Crippen molar-refractivity contribution in [2.45, 2.75) is 26.2 Å². The van der Waals surface area contributed by atoms with Crippen molar-refractivity contribution in [1.29, 1.82) is 0 Å². The number of hydrogen-bond acceptors (Lipinski definition) is 0. The highest BCUT2D eigenvalue weighted by atomic mass is 18.2. The second-order valence-corrected chi connectivity index (χ2v) is 1.62. The maximum Gasteiger partial charge on any atom is 0.0928 e. The van der Waals surface area contributed by atoms with E-state index < -0.39 is 0 Å². The molecule has 0 aromatic heterocycles. The van der Waals surface area contributed by atoms with E-state index in [4.69, 9.17) is 0 Å². The van der Waals surface area contributed by atoms with Crippen LogP contribution in [0.15, 0.2) is 12.4 Å². The summed E-state index contributed by atoms with van der Waals surface area (Å²) in [5.41, 5.74) is 0. The maximum absolute atomic E-state index is 11.7. The van der Waals surface area contributed by atoms with Gasteiger partial charge in [-0.1, -0.05) is 19.9 Å². The van der Waals surface area contributed by atoms with E-state index in [2.05, 4.69) is 6.58 Å². The van der Waals surface area contributed by atoms with E-state index >= 15 is 0 Å². The minimum absolute atomic E-state index is 0.193. The van der Waals surface area contributed by atoms with Crippen LogP contribution in [-0.4, -0.2) is 0 Å². The van der Waals surface area contributed by atoms with E-state index in [-0.39, 0.29) is 5.83 Å². The van der Waals surface area contributed by atoms with Crippen LogP contribution in [0, 0.1) is 0 Å². The van der Waals surface area contributed by atoms with Crippen LogP contribution in [0.3, 0.4) is 0 Å². The largest absolute Gasteiger partial charge is 0.212 e. The molecule has 0 rings (SSSR count). The molecule has 0 N–H and O–H groups in total. The van der Waals surface area contributed by atoms with Gasteiger partial charge in [0, 0.05) is 0 Å². The van der Waals surface area contributed by atoms with Gasteiger partial charge in [0.1, 0.15) is 0 Å². The van der Waals surface area contributed by atoms with Crippen molar-refractivity contribution in [2.75, 3.05) is 0 Å². The molecule has 0 heterocycles. The monoisotopic (exact) mass is 101 g/mol. The lowest BCUT2D eigenvalue weighted by Gasteiger charge is -1.88. The molecule has 0 aliphatic heterocycles. The summed E-state index contributed by atoms with van der Waals surface area (Å²) in [5.74, 6) is -0.193. The van der Waals surface area contributed by atoms with Crippen molar-refractivity contribution in [2.24, 2.45) is 0 Å². The number of unbranched alkanes of at least 4 members (excludes halogenated alkanes) is 1. The molecule has 0 unspecified atom stereocenters. The lowest BCUT2D eigenvalue weighted by Crippen LogP contribution is -1.69. The minimum atomic E-state index is -0.193. The van der Waals surface area contributed by atoms with Gasteiger partial charge in [-0.3, -0.25) is 0 Å². The average molecular weight is 101 g/mol. The summed E-state index contributed by atoms with van der Waals surface area (Å²) in [7, 11) is 0. The molecule has 0 aliphatic rings. The highest BCUT2D eigenvalue weighted by molar-refractivity contribution is 4.78. The third-order valence-corrected chi connectivity index (χ3v) is 0.802. The normalized spacial score (nSPS) is 8.86. The van der Waals surface area contributed by atoms with Gasteiger partial charge >= 0.3 is 0 Å². The van der Waals surface area contributed by atoms with Crippen molar-refractivity contribution in [3.8, 4) is 0 Å². The molecule has 0 saturated carbocycles. The molecule has 42 valence electrons. The molecule has 0 aromatic rings. The fraction of sp³-hybridized carbons (Fsp3) is 0.667. The molecule has 0 spiro atoms. The van der Waals surface area contributed by atoms with Crippen molar-refractivity contribution in [3.63, 3.8) is 0 Å². The number of halogens is 1. The van der Waals surface area contributed by atoms with Gasteiger partial charge in [0.15, 0.2) is 0 Å². The predicted octanol–water partition coefficient (Wildman–Crippen LogP) is 2.66. The van der Waals surface area contributed by atoms with Crippen molar-refractivity contribution in [3.05, 3.63) is 12.4 Å². The Morgan fingerprint density at radius 1 is 1.71 bits per heavy atom. The summed E-state index contributed by atoms with van der Waals surface area (Å²) in [5, 5.41) is 0. The van der Waals surface area contributed by atoms with Crippen molar-refractivity contribution >= 4 is 0 Å². The lowest BCUT2D eigenvalue weighted by molar-refractivity contribution is 0.574. The van der Waals surface area contributed by atoms with Crippen LogP contribution in [0.4, 0.5) is 4.39 Å². The van der Waals surface area contributed by atoms with Crippen LogP contribution in [-0.2, 0) is 0 Å². The highest BCUT2D eigenvalue weighted by Crippen LogP contribution is 2.03. The summed E-state index contributed by atoms with van der Waals surface area (Å²) < 4.78 is 11.7. The molecule has 0 atom stereocenters. The second-order valence-electron chi connectivity index (χ2n) is 1.62. The van der Waals surface area contributed by atoms with Crippen molar-refractivity contribution in [1.82, 2.24) is 0 Å². The molecule has 0 aliphatic carbocycles. The zero-order valence-electron chi connectivity index (χ0n) is 4.71. The molecule has 0 amide bonds. The van der Waals surface area contributed by atoms with Crippen LogP contribution >= 0.6 is 0 Å². The van der Waals surface area contributed by atoms with Crippen LogP contribution < -0.4 is 0 Å². The van der Waals surface area contributed by atoms with Gasteiger partial charge in [-0.25, -0.2) is 4.39 Å². The molecule has 0 saturated heterocycles. The first-order valence-corrected chi connectivity index (χ1v) is 2.60. The minimum Gasteiger partial charge on any atom is -0.212 e. The summed E-state index contributed by atoms with van der Waals surface area (Å²) in [6, 6.07) is 0. The molecule has 1 heteroatoms. The summed E-state index contributed by atoms with van der Waals surface area (Å²) in [6.07, 6.45) is 2.51. The smallest absolute Gasteiger partial charge is 0.0928 e. The first kappa shape index (κ1) is 6.67. The number of rotatable bonds is 3. The van der Waals surface area contributed by atoms with E-state index in [1.54, 1.807) is 0 Å². The van der Waals surface area contributed by atoms with Crippen molar-refractivity contribution < 1.29 is 4.39 Å². The van der Waals surface area contributed by atoms with Gasteiger partial charge < -0.3 is 0 Å². The predicted molar refractivity (Wildman–Crippen MR) is 29.8 cm³/mol. The third kappa shape index (κ3) is 5.67.